The van der Waals surface area contributed by atoms with E-state index in [9.17, 15) is 0 Å². The highest BCUT2D eigenvalue weighted by Crippen LogP contribution is 2.17. The number of thiol groups is 1. The van der Waals surface area contributed by atoms with Crippen molar-refractivity contribution in [2.45, 2.75) is 19.8 Å². The molecule has 0 N–H and O–H groups in total. The van der Waals surface area contributed by atoms with Crippen molar-refractivity contribution in [1.29, 1.82) is 5.26 Å². The van der Waals surface area contributed by atoms with Crippen LogP contribution in [0.15, 0.2) is 24.3 Å². The molecule has 0 aliphatic rings. The maximum atomic E-state index is 8.75. The quantitative estimate of drug-likeness (QED) is 0.782. The third kappa shape index (κ3) is 4.32. The average Bonchev–Trinajstić information content (AvgIpc) is 2.38. The second-order valence-electron chi connectivity index (χ2n) is 4.38. The topological polar surface area (TPSA) is 27.0 Å². The molecule has 0 heterocycles. The zero-order valence-corrected chi connectivity index (χ0v) is 11.5. The molecule has 1 unspecified atom stereocenters. The molecule has 0 aliphatic heterocycles. The Hall–Kier alpha value is -1.14. The van der Waals surface area contributed by atoms with Gasteiger partial charge < -0.3 is 4.90 Å². The summed E-state index contributed by atoms with van der Waals surface area (Å²) in [6.45, 7) is 3.22. The smallest absolute Gasteiger partial charge is 0.0991 e. The molecule has 0 radical (unpaired) electrons. The molecule has 0 bridgehead atoms. The van der Waals surface area contributed by atoms with Crippen molar-refractivity contribution >= 4 is 18.3 Å². The van der Waals surface area contributed by atoms with Crippen molar-refractivity contribution in [2.75, 3.05) is 24.2 Å². The Morgan fingerprint density at radius 2 is 2.00 bits per heavy atom. The van der Waals surface area contributed by atoms with Gasteiger partial charge in [-0.25, -0.2) is 0 Å². The minimum absolute atomic E-state index is 0.629. The van der Waals surface area contributed by atoms with E-state index in [1.807, 2.05) is 24.3 Å². The van der Waals surface area contributed by atoms with Crippen molar-refractivity contribution in [3.8, 4) is 6.07 Å². The molecule has 1 atom stereocenters. The number of hydrogen-bond donors (Lipinski definition) is 1. The first-order valence-corrected chi connectivity index (χ1v) is 6.66. The fourth-order valence-corrected chi connectivity index (χ4v) is 2.23. The Kier molecular flexibility index (Phi) is 5.93. The zero-order chi connectivity index (χ0) is 12.7. The second kappa shape index (κ2) is 7.24. The monoisotopic (exact) mass is 248 g/mol. The van der Waals surface area contributed by atoms with Gasteiger partial charge >= 0.3 is 0 Å². The van der Waals surface area contributed by atoms with E-state index in [1.165, 1.54) is 12.8 Å². The van der Waals surface area contributed by atoms with Gasteiger partial charge in [0.1, 0.15) is 0 Å². The average molecular weight is 248 g/mol. The van der Waals surface area contributed by atoms with Crippen LogP contribution in [0.1, 0.15) is 25.3 Å². The van der Waals surface area contributed by atoms with Crippen LogP contribution in [-0.2, 0) is 0 Å². The minimum atomic E-state index is 0.629. The molecule has 17 heavy (non-hydrogen) atoms. The summed E-state index contributed by atoms with van der Waals surface area (Å²) >= 11 is 4.40. The summed E-state index contributed by atoms with van der Waals surface area (Å²) in [5.74, 6) is 1.55. The van der Waals surface area contributed by atoms with Gasteiger partial charge in [-0.15, -0.1) is 0 Å². The van der Waals surface area contributed by atoms with Gasteiger partial charge in [-0.05, 0) is 42.4 Å². The lowest BCUT2D eigenvalue weighted by molar-refractivity contribution is 0.533. The fourth-order valence-electron chi connectivity index (χ4n) is 1.93. The maximum Gasteiger partial charge on any atom is 0.0991 e. The van der Waals surface area contributed by atoms with Gasteiger partial charge in [0.25, 0.3) is 0 Å². The van der Waals surface area contributed by atoms with Crippen LogP contribution in [0, 0.1) is 17.2 Å². The Labute approximate surface area is 110 Å². The first-order valence-electron chi connectivity index (χ1n) is 6.03. The van der Waals surface area contributed by atoms with Crippen LogP contribution in [0.2, 0.25) is 0 Å². The molecule has 0 aliphatic carbocycles. The van der Waals surface area contributed by atoms with Crippen LogP contribution >= 0.6 is 12.6 Å². The molecule has 0 saturated heterocycles. The number of hydrogen-bond acceptors (Lipinski definition) is 3. The van der Waals surface area contributed by atoms with E-state index < -0.39 is 0 Å². The van der Waals surface area contributed by atoms with Gasteiger partial charge in [-0.1, -0.05) is 13.3 Å². The van der Waals surface area contributed by atoms with Crippen LogP contribution in [0.3, 0.4) is 0 Å². The van der Waals surface area contributed by atoms with E-state index >= 15 is 0 Å². The molecule has 1 rings (SSSR count). The maximum absolute atomic E-state index is 8.75. The molecule has 0 spiro atoms. The van der Waals surface area contributed by atoms with Gasteiger partial charge in [0.2, 0.25) is 0 Å². The molecular weight excluding hydrogens is 228 g/mol. The van der Waals surface area contributed by atoms with E-state index in [0.29, 0.717) is 11.5 Å². The Morgan fingerprint density at radius 1 is 1.35 bits per heavy atom. The van der Waals surface area contributed by atoms with Crippen LogP contribution in [-0.4, -0.2) is 19.3 Å². The summed E-state index contributed by atoms with van der Waals surface area (Å²) in [6.07, 6.45) is 2.41. The number of nitriles is 1. The van der Waals surface area contributed by atoms with Crippen LogP contribution < -0.4 is 4.90 Å². The van der Waals surface area contributed by atoms with Crippen molar-refractivity contribution in [1.82, 2.24) is 0 Å². The highest BCUT2D eigenvalue weighted by molar-refractivity contribution is 7.80. The van der Waals surface area contributed by atoms with Crippen LogP contribution in [0.5, 0.6) is 0 Å². The standard InChI is InChI=1S/C14H20N2S/c1-3-4-13(11-17)10-16(2)14-7-5-12(9-15)6-8-14/h5-8,13,17H,3-4,10-11H2,1-2H3. The van der Waals surface area contributed by atoms with Gasteiger partial charge in [-0.2, -0.15) is 17.9 Å². The normalized spacial score (nSPS) is 11.9. The Morgan fingerprint density at radius 3 is 2.47 bits per heavy atom. The SMILES string of the molecule is CCCC(CS)CN(C)c1ccc(C#N)cc1. The molecule has 0 fully saturated rings. The Bertz CT molecular complexity index is 367. The summed E-state index contributed by atoms with van der Waals surface area (Å²) in [5, 5.41) is 8.75. The molecule has 0 aromatic heterocycles. The summed E-state index contributed by atoms with van der Waals surface area (Å²) in [7, 11) is 2.09. The molecule has 0 saturated carbocycles. The third-order valence-corrected chi connectivity index (χ3v) is 3.44. The van der Waals surface area contributed by atoms with Gasteiger partial charge in [-0.3, -0.25) is 0 Å². The molecule has 92 valence electrons. The minimum Gasteiger partial charge on any atom is -0.374 e. The highest BCUT2D eigenvalue weighted by Gasteiger charge is 2.09. The van der Waals surface area contributed by atoms with E-state index in [2.05, 4.69) is 37.6 Å². The summed E-state index contributed by atoms with van der Waals surface area (Å²) in [6, 6.07) is 9.86. The van der Waals surface area contributed by atoms with Crippen molar-refractivity contribution in [3.63, 3.8) is 0 Å². The van der Waals surface area contributed by atoms with Crippen LogP contribution in [0.4, 0.5) is 5.69 Å². The van der Waals surface area contributed by atoms with Crippen LogP contribution in [0.25, 0.3) is 0 Å². The molecule has 1 aromatic carbocycles. The third-order valence-electron chi connectivity index (χ3n) is 2.92. The summed E-state index contributed by atoms with van der Waals surface area (Å²) in [5.41, 5.74) is 1.87. The predicted octanol–water partition coefficient (Wildman–Crippen LogP) is 3.34. The predicted molar refractivity (Wildman–Crippen MR) is 76.7 cm³/mol. The van der Waals surface area contributed by atoms with Crippen molar-refractivity contribution in [3.05, 3.63) is 29.8 Å². The fraction of sp³-hybridized carbons (Fsp3) is 0.500. The molecule has 1 aromatic rings. The van der Waals surface area contributed by atoms with E-state index in [1.54, 1.807) is 0 Å². The number of nitrogens with zero attached hydrogens (tertiary/aromatic N) is 2. The van der Waals surface area contributed by atoms with Gasteiger partial charge in [0.05, 0.1) is 11.6 Å². The van der Waals surface area contributed by atoms with Crippen molar-refractivity contribution in [2.24, 2.45) is 5.92 Å². The first-order chi connectivity index (χ1) is 8.21. The molecule has 0 amide bonds. The highest BCUT2D eigenvalue weighted by atomic mass is 32.1. The molecule has 3 heteroatoms. The van der Waals surface area contributed by atoms with E-state index in [-0.39, 0.29) is 0 Å². The summed E-state index contributed by atoms with van der Waals surface area (Å²) < 4.78 is 0. The lowest BCUT2D eigenvalue weighted by Crippen LogP contribution is -2.26. The molecule has 2 nitrogen and oxygen atoms in total. The van der Waals surface area contributed by atoms with Gasteiger partial charge in [0, 0.05) is 19.3 Å². The number of benzene rings is 1. The first kappa shape index (κ1) is 13.9. The molecular formula is C14H20N2S. The second-order valence-corrected chi connectivity index (χ2v) is 4.74. The van der Waals surface area contributed by atoms with Crippen molar-refractivity contribution < 1.29 is 0 Å². The van der Waals surface area contributed by atoms with Gasteiger partial charge in [0.15, 0.2) is 0 Å². The lowest BCUT2D eigenvalue weighted by Gasteiger charge is -2.24. The van der Waals surface area contributed by atoms with E-state index in [4.69, 9.17) is 5.26 Å². The Balaban J connectivity index is 2.62. The summed E-state index contributed by atoms with van der Waals surface area (Å²) in [4.78, 5) is 2.23. The number of rotatable bonds is 6. The number of anilines is 1. The lowest BCUT2D eigenvalue weighted by atomic mass is 10.1. The largest absolute Gasteiger partial charge is 0.374 e. The van der Waals surface area contributed by atoms with E-state index in [0.717, 1.165) is 18.0 Å². The zero-order valence-electron chi connectivity index (χ0n) is 10.6.